The van der Waals surface area contributed by atoms with Crippen LogP contribution in [0.4, 0.5) is 15.9 Å². The molecular weight excluding hydrogens is 255 g/mol. The third-order valence-electron chi connectivity index (χ3n) is 3.06. The van der Waals surface area contributed by atoms with E-state index in [0.29, 0.717) is 23.6 Å². The molecule has 3 aromatic rings. The SMILES string of the molecule is Nc1ccc2c(NCc3ccccc3F)ncnc2c1. The Morgan fingerprint density at radius 1 is 1.10 bits per heavy atom. The average Bonchev–Trinajstić information content (AvgIpc) is 2.46. The Bertz CT molecular complexity index is 758. The van der Waals surface area contributed by atoms with E-state index < -0.39 is 0 Å². The van der Waals surface area contributed by atoms with E-state index in [0.717, 1.165) is 10.9 Å². The molecule has 0 aliphatic rings. The molecule has 0 spiro atoms. The highest BCUT2D eigenvalue weighted by Gasteiger charge is 2.05. The van der Waals surface area contributed by atoms with Gasteiger partial charge < -0.3 is 11.1 Å². The summed E-state index contributed by atoms with van der Waals surface area (Å²) in [5.74, 6) is 0.431. The molecule has 20 heavy (non-hydrogen) atoms. The molecule has 5 heteroatoms. The van der Waals surface area contributed by atoms with Gasteiger partial charge in [0.05, 0.1) is 5.52 Å². The Kier molecular flexibility index (Phi) is 3.16. The van der Waals surface area contributed by atoms with Crippen LogP contribution in [-0.4, -0.2) is 9.97 Å². The van der Waals surface area contributed by atoms with E-state index in [2.05, 4.69) is 15.3 Å². The largest absolute Gasteiger partial charge is 0.399 e. The average molecular weight is 268 g/mol. The Morgan fingerprint density at radius 3 is 2.80 bits per heavy atom. The summed E-state index contributed by atoms with van der Waals surface area (Å²) in [6.07, 6.45) is 1.46. The number of halogens is 1. The summed E-state index contributed by atoms with van der Waals surface area (Å²) in [7, 11) is 0. The Balaban J connectivity index is 1.90. The molecule has 1 aromatic heterocycles. The summed E-state index contributed by atoms with van der Waals surface area (Å²) in [5, 5.41) is 3.99. The molecule has 0 unspecified atom stereocenters. The maximum Gasteiger partial charge on any atom is 0.137 e. The number of anilines is 2. The van der Waals surface area contributed by atoms with Crippen LogP contribution in [0.15, 0.2) is 48.8 Å². The zero-order valence-corrected chi connectivity index (χ0v) is 10.7. The quantitative estimate of drug-likeness (QED) is 0.717. The van der Waals surface area contributed by atoms with Gasteiger partial charge >= 0.3 is 0 Å². The molecule has 0 aliphatic carbocycles. The lowest BCUT2D eigenvalue weighted by Crippen LogP contribution is -2.04. The van der Waals surface area contributed by atoms with Gasteiger partial charge in [0.1, 0.15) is 18.0 Å². The highest BCUT2D eigenvalue weighted by atomic mass is 19.1. The fourth-order valence-electron chi connectivity index (χ4n) is 2.04. The second-order valence-electron chi connectivity index (χ2n) is 4.44. The van der Waals surface area contributed by atoms with E-state index in [9.17, 15) is 4.39 Å². The van der Waals surface area contributed by atoms with Crippen LogP contribution in [0.1, 0.15) is 5.56 Å². The number of rotatable bonds is 3. The van der Waals surface area contributed by atoms with Gasteiger partial charge in [-0.25, -0.2) is 14.4 Å². The van der Waals surface area contributed by atoms with Crippen molar-refractivity contribution in [3.63, 3.8) is 0 Å². The van der Waals surface area contributed by atoms with Gasteiger partial charge in [0, 0.05) is 23.2 Å². The minimum atomic E-state index is -0.234. The molecule has 0 amide bonds. The molecule has 1 heterocycles. The van der Waals surface area contributed by atoms with E-state index in [1.165, 1.54) is 12.4 Å². The van der Waals surface area contributed by atoms with Crippen molar-refractivity contribution < 1.29 is 4.39 Å². The van der Waals surface area contributed by atoms with Crippen LogP contribution in [0.2, 0.25) is 0 Å². The van der Waals surface area contributed by atoms with Gasteiger partial charge in [-0.15, -0.1) is 0 Å². The minimum Gasteiger partial charge on any atom is -0.399 e. The third-order valence-corrected chi connectivity index (χ3v) is 3.06. The summed E-state index contributed by atoms with van der Waals surface area (Å²) >= 11 is 0. The predicted octanol–water partition coefficient (Wildman–Crippen LogP) is 2.96. The maximum absolute atomic E-state index is 13.6. The highest BCUT2D eigenvalue weighted by Crippen LogP contribution is 2.21. The van der Waals surface area contributed by atoms with Gasteiger partial charge in [-0.3, -0.25) is 0 Å². The van der Waals surface area contributed by atoms with Crippen molar-refractivity contribution in [2.24, 2.45) is 0 Å². The van der Waals surface area contributed by atoms with E-state index in [4.69, 9.17) is 5.73 Å². The normalized spacial score (nSPS) is 10.7. The van der Waals surface area contributed by atoms with Gasteiger partial charge in [-0.1, -0.05) is 18.2 Å². The third kappa shape index (κ3) is 2.38. The molecule has 0 saturated carbocycles. The highest BCUT2D eigenvalue weighted by molar-refractivity contribution is 5.90. The summed E-state index contributed by atoms with van der Waals surface area (Å²) < 4.78 is 13.6. The van der Waals surface area contributed by atoms with Crippen molar-refractivity contribution in [1.29, 1.82) is 0 Å². The summed E-state index contributed by atoms with van der Waals surface area (Å²) in [4.78, 5) is 8.37. The molecule has 0 bridgehead atoms. The number of nitrogens with two attached hydrogens (primary N) is 1. The lowest BCUT2D eigenvalue weighted by atomic mass is 10.2. The van der Waals surface area contributed by atoms with E-state index in [1.54, 1.807) is 30.3 Å². The molecule has 4 nitrogen and oxygen atoms in total. The zero-order chi connectivity index (χ0) is 13.9. The predicted molar refractivity (Wildman–Crippen MR) is 77.7 cm³/mol. The fourth-order valence-corrected chi connectivity index (χ4v) is 2.04. The molecule has 0 saturated heterocycles. The number of hydrogen-bond donors (Lipinski definition) is 2. The fraction of sp³-hybridized carbons (Fsp3) is 0.0667. The number of benzene rings is 2. The number of nitrogens with zero attached hydrogens (tertiary/aromatic N) is 2. The molecule has 100 valence electrons. The first kappa shape index (κ1) is 12.3. The Hall–Kier alpha value is -2.69. The van der Waals surface area contributed by atoms with E-state index >= 15 is 0 Å². The smallest absolute Gasteiger partial charge is 0.137 e. The van der Waals surface area contributed by atoms with Crippen molar-refractivity contribution in [1.82, 2.24) is 9.97 Å². The van der Waals surface area contributed by atoms with Gasteiger partial charge in [0.15, 0.2) is 0 Å². The minimum absolute atomic E-state index is 0.234. The maximum atomic E-state index is 13.6. The summed E-state index contributed by atoms with van der Waals surface area (Å²) in [5.41, 5.74) is 7.73. The molecule has 0 radical (unpaired) electrons. The van der Waals surface area contributed by atoms with Gasteiger partial charge in [0.25, 0.3) is 0 Å². The van der Waals surface area contributed by atoms with E-state index in [1.807, 2.05) is 6.07 Å². The number of hydrogen-bond acceptors (Lipinski definition) is 4. The molecule has 3 N–H and O–H groups in total. The van der Waals surface area contributed by atoms with Crippen LogP contribution >= 0.6 is 0 Å². The first-order valence-corrected chi connectivity index (χ1v) is 6.21. The second kappa shape index (κ2) is 5.13. The molecule has 0 aliphatic heterocycles. The van der Waals surface area contributed by atoms with Crippen LogP contribution in [0.25, 0.3) is 10.9 Å². The standard InChI is InChI=1S/C15H13FN4/c16-13-4-2-1-3-10(13)8-18-15-12-6-5-11(17)7-14(12)19-9-20-15/h1-7,9H,8,17H2,(H,18,19,20). The van der Waals surface area contributed by atoms with E-state index in [-0.39, 0.29) is 5.82 Å². The molecular formula is C15H13FN4. The monoisotopic (exact) mass is 268 g/mol. The van der Waals surface area contributed by atoms with Crippen molar-refractivity contribution in [2.45, 2.75) is 6.54 Å². The van der Waals surface area contributed by atoms with Crippen molar-refractivity contribution in [3.05, 3.63) is 60.2 Å². The molecule has 0 atom stereocenters. The number of fused-ring (bicyclic) bond motifs is 1. The summed E-state index contributed by atoms with van der Waals surface area (Å²) in [6.45, 7) is 0.364. The van der Waals surface area contributed by atoms with Crippen molar-refractivity contribution in [3.8, 4) is 0 Å². The Labute approximate surface area is 115 Å². The van der Waals surface area contributed by atoms with Crippen molar-refractivity contribution >= 4 is 22.4 Å². The lowest BCUT2D eigenvalue weighted by molar-refractivity contribution is 0.613. The van der Waals surface area contributed by atoms with Gasteiger partial charge in [-0.2, -0.15) is 0 Å². The van der Waals surface area contributed by atoms with Crippen LogP contribution in [0, 0.1) is 5.82 Å². The van der Waals surface area contributed by atoms with Crippen LogP contribution < -0.4 is 11.1 Å². The Morgan fingerprint density at radius 2 is 1.95 bits per heavy atom. The van der Waals surface area contributed by atoms with Crippen LogP contribution in [-0.2, 0) is 6.54 Å². The van der Waals surface area contributed by atoms with Gasteiger partial charge in [-0.05, 0) is 24.3 Å². The van der Waals surface area contributed by atoms with Crippen LogP contribution in [0.3, 0.4) is 0 Å². The summed E-state index contributed by atoms with van der Waals surface area (Å²) in [6, 6.07) is 12.1. The lowest BCUT2D eigenvalue weighted by Gasteiger charge is -2.09. The first-order valence-electron chi connectivity index (χ1n) is 6.21. The molecule has 2 aromatic carbocycles. The molecule has 0 fully saturated rings. The van der Waals surface area contributed by atoms with Crippen LogP contribution in [0.5, 0.6) is 0 Å². The number of aromatic nitrogens is 2. The molecule has 3 rings (SSSR count). The van der Waals surface area contributed by atoms with Gasteiger partial charge in [0.2, 0.25) is 0 Å². The topological polar surface area (TPSA) is 63.8 Å². The van der Waals surface area contributed by atoms with Crippen molar-refractivity contribution in [2.75, 3.05) is 11.1 Å². The number of nitrogens with one attached hydrogen (secondary N) is 1. The zero-order valence-electron chi connectivity index (χ0n) is 10.7. The number of nitrogen functional groups attached to an aromatic ring is 1. The first-order chi connectivity index (χ1) is 9.74. The second-order valence-corrected chi connectivity index (χ2v) is 4.44.